The van der Waals surface area contributed by atoms with Crippen LogP contribution in [0.4, 0.5) is 0 Å². The molecule has 0 aliphatic rings. The van der Waals surface area contributed by atoms with Crippen molar-refractivity contribution in [3.63, 3.8) is 0 Å². The Labute approximate surface area is 163 Å². The third kappa shape index (κ3) is 4.22. The number of aryl methyl sites for hydroxylation is 1. The largest absolute Gasteiger partial charge is 0.329 e. The number of pyridine rings is 1. The quantitative estimate of drug-likeness (QED) is 0.698. The molecule has 0 saturated carbocycles. The zero-order valence-corrected chi connectivity index (χ0v) is 16.7. The standard InChI is InChI=1S/C22H23ClN2O2/c1-14-5-10-19-16(11-14)12-17(20(26)24-19)13-25(22(2,3)4)21(27)15-6-8-18(23)9-7-15/h5-12H,13H2,1-4H3,(H,24,26). The molecule has 1 heterocycles. The average Bonchev–Trinajstić information content (AvgIpc) is 2.59. The molecule has 0 atom stereocenters. The van der Waals surface area contributed by atoms with Gasteiger partial charge in [-0.2, -0.15) is 0 Å². The van der Waals surface area contributed by atoms with Crippen molar-refractivity contribution in [2.75, 3.05) is 0 Å². The van der Waals surface area contributed by atoms with Gasteiger partial charge in [0.15, 0.2) is 0 Å². The van der Waals surface area contributed by atoms with E-state index in [1.54, 1.807) is 29.2 Å². The molecule has 3 rings (SSSR count). The second-order valence-corrected chi connectivity index (χ2v) is 8.22. The van der Waals surface area contributed by atoms with Crippen LogP contribution in [-0.4, -0.2) is 21.3 Å². The zero-order valence-electron chi connectivity index (χ0n) is 16.0. The van der Waals surface area contributed by atoms with Gasteiger partial charge in [-0.3, -0.25) is 9.59 Å². The molecule has 140 valence electrons. The van der Waals surface area contributed by atoms with Gasteiger partial charge in [0, 0.05) is 27.2 Å². The fraction of sp³-hybridized carbons (Fsp3) is 0.273. The molecule has 0 bridgehead atoms. The number of rotatable bonds is 3. The number of fused-ring (bicyclic) bond motifs is 1. The van der Waals surface area contributed by atoms with Crippen molar-refractivity contribution in [1.29, 1.82) is 0 Å². The topological polar surface area (TPSA) is 53.2 Å². The first-order valence-corrected chi connectivity index (χ1v) is 9.23. The van der Waals surface area contributed by atoms with Crippen molar-refractivity contribution in [3.05, 3.63) is 80.6 Å². The Hall–Kier alpha value is -2.59. The maximum Gasteiger partial charge on any atom is 0.254 e. The number of halogens is 1. The van der Waals surface area contributed by atoms with E-state index in [2.05, 4.69) is 4.98 Å². The van der Waals surface area contributed by atoms with E-state index in [1.807, 2.05) is 52.0 Å². The van der Waals surface area contributed by atoms with E-state index in [0.717, 1.165) is 16.5 Å². The Morgan fingerprint density at radius 3 is 2.37 bits per heavy atom. The van der Waals surface area contributed by atoms with Crippen molar-refractivity contribution in [3.8, 4) is 0 Å². The number of hydrogen-bond donors (Lipinski definition) is 1. The summed E-state index contributed by atoms with van der Waals surface area (Å²) in [5, 5.41) is 1.53. The van der Waals surface area contributed by atoms with Crippen molar-refractivity contribution in [1.82, 2.24) is 9.88 Å². The van der Waals surface area contributed by atoms with Crippen LogP contribution in [0.5, 0.6) is 0 Å². The Balaban J connectivity index is 2.01. The monoisotopic (exact) mass is 382 g/mol. The fourth-order valence-electron chi connectivity index (χ4n) is 3.02. The lowest BCUT2D eigenvalue weighted by Crippen LogP contribution is -2.46. The van der Waals surface area contributed by atoms with Crippen LogP contribution >= 0.6 is 11.6 Å². The highest BCUT2D eigenvalue weighted by Crippen LogP contribution is 2.22. The number of carbonyl (C=O) groups is 1. The van der Waals surface area contributed by atoms with Crippen molar-refractivity contribution in [2.45, 2.75) is 39.8 Å². The Morgan fingerprint density at radius 1 is 1.07 bits per heavy atom. The molecule has 1 N–H and O–H groups in total. The average molecular weight is 383 g/mol. The molecule has 5 heteroatoms. The predicted octanol–water partition coefficient (Wildman–Crippen LogP) is 4.93. The SMILES string of the molecule is Cc1ccc2[nH]c(=O)c(CN(C(=O)c3ccc(Cl)cc3)C(C)(C)C)cc2c1. The maximum atomic E-state index is 13.1. The van der Waals surface area contributed by atoms with E-state index in [9.17, 15) is 9.59 Å². The summed E-state index contributed by atoms with van der Waals surface area (Å²) in [6, 6.07) is 14.6. The minimum Gasteiger partial charge on any atom is -0.329 e. The van der Waals surface area contributed by atoms with Crippen LogP contribution in [0.25, 0.3) is 10.9 Å². The first kappa shape index (κ1) is 19.2. The van der Waals surface area contributed by atoms with Gasteiger partial charge in [-0.05, 0) is 75.5 Å². The Morgan fingerprint density at radius 2 is 1.74 bits per heavy atom. The first-order chi connectivity index (χ1) is 12.6. The Bertz CT molecular complexity index is 1050. The van der Waals surface area contributed by atoms with Gasteiger partial charge in [-0.25, -0.2) is 0 Å². The summed E-state index contributed by atoms with van der Waals surface area (Å²) >= 11 is 5.93. The van der Waals surface area contributed by atoms with E-state index in [0.29, 0.717) is 16.1 Å². The van der Waals surface area contributed by atoms with Gasteiger partial charge in [-0.15, -0.1) is 0 Å². The van der Waals surface area contributed by atoms with E-state index in [-0.39, 0.29) is 18.0 Å². The number of amides is 1. The molecular formula is C22H23ClN2O2. The smallest absolute Gasteiger partial charge is 0.254 e. The minimum atomic E-state index is -0.454. The lowest BCUT2D eigenvalue weighted by atomic mass is 10.0. The molecule has 27 heavy (non-hydrogen) atoms. The number of aromatic amines is 1. The second-order valence-electron chi connectivity index (χ2n) is 7.78. The lowest BCUT2D eigenvalue weighted by Gasteiger charge is -2.35. The third-order valence-corrected chi connectivity index (χ3v) is 4.80. The Kier molecular flexibility index (Phi) is 5.11. The molecule has 0 aliphatic carbocycles. The normalized spacial score (nSPS) is 11.6. The van der Waals surface area contributed by atoms with Crippen molar-refractivity contribution in [2.24, 2.45) is 0 Å². The molecule has 0 fully saturated rings. The highest BCUT2D eigenvalue weighted by atomic mass is 35.5. The third-order valence-electron chi connectivity index (χ3n) is 4.55. The lowest BCUT2D eigenvalue weighted by molar-refractivity contribution is 0.0558. The van der Waals surface area contributed by atoms with Crippen LogP contribution in [0.2, 0.25) is 5.02 Å². The highest BCUT2D eigenvalue weighted by Gasteiger charge is 2.28. The maximum absolute atomic E-state index is 13.1. The predicted molar refractivity (Wildman–Crippen MR) is 110 cm³/mol. The molecule has 0 radical (unpaired) electrons. The van der Waals surface area contributed by atoms with E-state index < -0.39 is 5.54 Å². The summed E-state index contributed by atoms with van der Waals surface area (Å²) < 4.78 is 0. The van der Waals surface area contributed by atoms with Gasteiger partial charge >= 0.3 is 0 Å². The number of nitrogens with one attached hydrogen (secondary N) is 1. The summed E-state index contributed by atoms with van der Waals surface area (Å²) in [6.45, 7) is 8.11. The summed E-state index contributed by atoms with van der Waals surface area (Å²) in [4.78, 5) is 30.3. The number of aromatic nitrogens is 1. The van der Waals surface area contributed by atoms with Crippen LogP contribution in [0, 0.1) is 6.92 Å². The highest BCUT2D eigenvalue weighted by molar-refractivity contribution is 6.30. The summed E-state index contributed by atoms with van der Waals surface area (Å²) in [7, 11) is 0. The molecule has 0 saturated heterocycles. The molecular weight excluding hydrogens is 360 g/mol. The second kappa shape index (κ2) is 7.20. The summed E-state index contributed by atoms with van der Waals surface area (Å²) in [6.07, 6.45) is 0. The van der Waals surface area contributed by atoms with E-state index in [4.69, 9.17) is 11.6 Å². The van der Waals surface area contributed by atoms with Gasteiger partial charge in [0.1, 0.15) is 0 Å². The number of hydrogen-bond acceptors (Lipinski definition) is 2. The van der Waals surface area contributed by atoms with Gasteiger partial charge in [0.25, 0.3) is 11.5 Å². The molecule has 1 amide bonds. The van der Waals surface area contributed by atoms with Crippen molar-refractivity contribution < 1.29 is 4.79 Å². The van der Waals surface area contributed by atoms with Crippen LogP contribution < -0.4 is 5.56 Å². The zero-order chi connectivity index (χ0) is 19.8. The fourth-order valence-corrected chi connectivity index (χ4v) is 3.15. The number of carbonyl (C=O) groups excluding carboxylic acids is 1. The summed E-state index contributed by atoms with van der Waals surface area (Å²) in [5.74, 6) is -0.136. The molecule has 0 unspecified atom stereocenters. The molecule has 3 aromatic rings. The van der Waals surface area contributed by atoms with Crippen LogP contribution in [0.15, 0.2) is 53.3 Å². The van der Waals surface area contributed by atoms with Gasteiger partial charge in [0.05, 0.1) is 6.54 Å². The minimum absolute atomic E-state index is 0.136. The van der Waals surface area contributed by atoms with Crippen molar-refractivity contribution >= 4 is 28.4 Å². The van der Waals surface area contributed by atoms with E-state index in [1.165, 1.54) is 0 Å². The van der Waals surface area contributed by atoms with Crippen LogP contribution in [-0.2, 0) is 6.54 Å². The molecule has 0 aliphatic heterocycles. The molecule has 1 aromatic heterocycles. The number of benzene rings is 2. The number of H-pyrrole nitrogens is 1. The number of nitrogens with zero attached hydrogens (tertiary/aromatic N) is 1. The molecule has 4 nitrogen and oxygen atoms in total. The molecule has 0 spiro atoms. The van der Waals surface area contributed by atoms with Gasteiger partial charge < -0.3 is 9.88 Å². The van der Waals surface area contributed by atoms with E-state index >= 15 is 0 Å². The molecule has 2 aromatic carbocycles. The van der Waals surface area contributed by atoms with Gasteiger partial charge in [0.2, 0.25) is 0 Å². The van der Waals surface area contributed by atoms with Gasteiger partial charge in [-0.1, -0.05) is 23.2 Å². The summed E-state index contributed by atoms with van der Waals surface area (Å²) in [5.41, 5.74) is 2.38. The van der Waals surface area contributed by atoms with Crippen LogP contribution in [0.1, 0.15) is 42.3 Å². The first-order valence-electron chi connectivity index (χ1n) is 8.85. The van der Waals surface area contributed by atoms with Crippen LogP contribution in [0.3, 0.4) is 0 Å².